The lowest BCUT2D eigenvalue weighted by molar-refractivity contribution is -0.384. The minimum atomic E-state index is -0.431. The Morgan fingerprint density at radius 3 is 2.55 bits per heavy atom. The van der Waals surface area contributed by atoms with Crippen molar-refractivity contribution in [1.82, 2.24) is 10.6 Å². The summed E-state index contributed by atoms with van der Waals surface area (Å²) in [6.07, 6.45) is 2.66. The highest BCUT2D eigenvalue weighted by Crippen LogP contribution is 2.16. The molecule has 0 aromatic heterocycles. The van der Waals surface area contributed by atoms with Crippen LogP contribution in [0.5, 0.6) is 0 Å². The fourth-order valence-electron chi connectivity index (χ4n) is 2.36. The average molecular weight is 277 g/mol. The molecule has 1 heterocycles. The Morgan fingerprint density at radius 2 is 1.95 bits per heavy atom. The summed E-state index contributed by atoms with van der Waals surface area (Å²) in [5, 5.41) is 16.7. The molecule has 1 aliphatic rings. The van der Waals surface area contributed by atoms with Crippen molar-refractivity contribution in [2.24, 2.45) is 5.92 Å². The highest BCUT2D eigenvalue weighted by atomic mass is 16.6. The summed E-state index contributed by atoms with van der Waals surface area (Å²) in [5.74, 6) is 0.517. The number of nitrogens with one attached hydrogen (secondary N) is 2. The maximum absolute atomic E-state index is 11.8. The van der Waals surface area contributed by atoms with Crippen molar-refractivity contribution in [3.8, 4) is 0 Å². The first-order valence-electron chi connectivity index (χ1n) is 6.86. The number of rotatable bonds is 5. The summed E-state index contributed by atoms with van der Waals surface area (Å²) in [6, 6.07) is 6.24. The second kappa shape index (κ2) is 7.00. The molecule has 0 radical (unpaired) electrons. The highest BCUT2D eigenvalue weighted by Gasteiger charge is 2.16. The predicted octanol–water partition coefficient (Wildman–Crippen LogP) is 1.60. The number of carbonyl (C=O) groups is 1. The van der Waals surface area contributed by atoms with Gasteiger partial charge < -0.3 is 10.6 Å². The lowest BCUT2D eigenvalue weighted by atomic mass is 9.94. The van der Waals surface area contributed by atoms with Gasteiger partial charge in [-0.15, -0.1) is 0 Å². The normalized spacial score (nSPS) is 15.8. The van der Waals surface area contributed by atoms with Gasteiger partial charge in [0.2, 0.25) is 5.91 Å². The van der Waals surface area contributed by atoms with Gasteiger partial charge in [0.25, 0.3) is 5.69 Å². The van der Waals surface area contributed by atoms with Gasteiger partial charge in [-0.3, -0.25) is 14.9 Å². The number of hydrogen-bond acceptors (Lipinski definition) is 4. The smallest absolute Gasteiger partial charge is 0.269 e. The van der Waals surface area contributed by atoms with Crippen molar-refractivity contribution in [3.05, 3.63) is 39.9 Å². The number of carbonyl (C=O) groups excluding carboxylic acids is 1. The van der Waals surface area contributed by atoms with Gasteiger partial charge in [0, 0.05) is 25.1 Å². The molecule has 1 fully saturated rings. The van der Waals surface area contributed by atoms with Crippen molar-refractivity contribution in [1.29, 1.82) is 0 Å². The molecule has 0 bridgehead atoms. The molecule has 108 valence electrons. The third kappa shape index (κ3) is 4.31. The number of non-ortho nitro benzene ring substituents is 1. The van der Waals surface area contributed by atoms with Crippen LogP contribution in [0.1, 0.15) is 24.8 Å². The van der Waals surface area contributed by atoms with Crippen LogP contribution in [0.2, 0.25) is 0 Å². The minimum Gasteiger partial charge on any atom is -0.352 e. The van der Waals surface area contributed by atoms with Gasteiger partial charge in [-0.1, -0.05) is 12.1 Å². The first-order chi connectivity index (χ1) is 9.65. The Hall–Kier alpha value is -1.95. The maximum atomic E-state index is 11.8. The van der Waals surface area contributed by atoms with Crippen molar-refractivity contribution in [2.45, 2.75) is 25.8 Å². The molecule has 1 saturated heterocycles. The molecule has 1 amide bonds. The largest absolute Gasteiger partial charge is 0.352 e. The molecule has 0 spiro atoms. The van der Waals surface area contributed by atoms with Gasteiger partial charge in [-0.05, 0) is 37.4 Å². The van der Waals surface area contributed by atoms with Crippen molar-refractivity contribution in [3.63, 3.8) is 0 Å². The molecule has 20 heavy (non-hydrogen) atoms. The van der Waals surface area contributed by atoms with Crippen LogP contribution in [0, 0.1) is 16.0 Å². The van der Waals surface area contributed by atoms with Crippen LogP contribution >= 0.6 is 0 Å². The van der Waals surface area contributed by atoms with E-state index < -0.39 is 4.92 Å². The van der Waals surface area contributed by atoms with Crippen molar-refractivity contribution < 1.29 is 9.72 Å². The van der Waals surface area contributed by atoms with Crippen LogP contribution in [-0.4, -0.2) is 23.9 Å². The number of benzene rings is 1. The Morgan fingerprint density at radius 1 is 1.30 bits per heavy atom. The number of piperidine rings is 1. The van der Waals surface area contributed by atoms with Gasteiger partial charge in [0.05, 0.1) is 4.92 Å². The van der Waals surface area contributed by atoms with Crippen LogP contribution in [0.15, 0.2) is 24.3 Å². The van der Waals surface area contributed by atoms with E-state index in [1.54, 1.807) is 12.1 Å². The second-order valence-corrected chi connectivity index (χ2v) is 5.10. The van der Waals surface area contributed by atoms with Gasteiger partial charge in [-0.2, -0.15) is 0 Å². The van der Waals surface area contributed by atoms with Crippen LogP contribution in [0.4, 0.5) is 5.69 Å². The Labute approximate surface area is 117 Å². The van der Waals surface area contributed by atoms with E-state index in [0.29, 0.717) is 18.9 Å². The van der Waals surface area contributed by atoms with Crippen LogP contribution in [0.3, 0.4) is 0 Å². The molecule has 0 aliphatic carbocycles. The van der Waals surface area contributed by atoms with Crippen LogP contribution in [-0.2, 0) is 11.3 Å². The predicted molar refractivity (Wildman–Crippen MR) is 75.2 cm³/mol. The first kappa shape index (κ1) is 14.5. The molecular weight excluding hydrogens is 258 g/mol. The van der Waals surface area contributed by atoms with Gasteiger partial charge in [0.1, 0.15) is 0 Å². The quantitative estimate of drug-likeness (QED) is 0.632. The van der Waals surface area contributed by atoms with E-state index in [-0.39, 0.29) is 11.6 Å². The summed E-state index contributed by atoms with van der Waals surface area (Å²) in [7, 11) is 0. The molecule has 6 nitrogen and oxygen atoms in total. The van der Waals surface area contributed by atoms with E-state index in [0.717, 1.165) is 31.5 Å². The zero-order chi connectivity index (χ0) is 14.4. The monoisotopic (exact) mass is 277 g/mol. The highest BCUT2D eigenvalue weighted by molar-refractivity contribution is 5.76. The summed E-state index contributed by atoms with van der Waals surface area (Å²) in [4.78, 5) is 21.9. The Kier molecular flexibility index (Phi) is 5.06. The van der Waals surface area contributed by atoms with Crippen LogP contribution in [0.25, 0.3) is 0 Å². The third-order valence-electron chi connectivity index (χ3n) is 3.57. The summed E-state index contributed by atoms with van der Waals surface area (Å²) in [6.45, 7) is 2.39. The number of amides is 1. The molecule has 2 N–H and O–H groups in total. The van der Waals surface area contributed by atoms with E-state index in [2.05, 4.69) is 10.6 Å². The SMILES string of the molecule is O=C(CC1CCNCC1)NCc1ccc([N+](=O)[O-])cc1. The topological polar surface area (TPSA) is 84.3 Å². The van der Waals surface area contributed by atoms with Crippen molar-refractivity contribution in [2.75, 3.05) is 13.1 Å². The second-order valence-electron chi connectivity index (χ2n) is 5.10. The molecule has 0 atom stereocenters. The van der Waals surface area contributed by atoms with Crippen molar-refractivity contribution >= 4 is 11.6 Å². The van der Waals surface area contributed by atoms with E-state index in [1.165, 1.54) is 12.1 Å². The van der Waals surface area contributed by atoms with E-state index in [1.807, 2.05) is 0 Å². The van der Waals surface area contributed by atoms with E-state index in [4.69, 9.17) is 0 Å². The first-order valence-corrected chi connectivity index (χ1v) is 6.86. The number of nitro groups is 1. The Bertz CT molecular complexity index is 467. The maximum Gasteiger partial charge on any atom is 0.269 e. The zero-order valence-electron chi connectivity index (χ0n) is 11.3. The lowest BCUT2D eigenvalue weighted by Gasteiger charge is -2.21. The molecule has 0 saturated carbocycles. The molecule has 1 aliphatic heterocycles. The number of nitro benzene ring substituents is 1. The summed E-state index contributed by atoms with van der Waals surface area (Å²) < 4.78 is 0. The van der Waals surface area contributed by atoms with Gasteiger partial charge in [-0.25, -0.2) is 0 Å². The molecule has 2 rings (SSSR count). The standard InChI is InChI=1S/C14H19N3O3/c18-14(9-11-5-7-15-8-6-11)16-10-12-1-3-13(4-2-12)17(19)20/h1-4,11,15H,5-10H2,(H,16,18). The Balaban J connectivity index is 1.76. The summed E-state index contributed by atoms with van der Waals surface area (Å²) in [5.41, 5.74) is 0.934. The molecule has 1 aromatic rings. The minimum absolute atomic E-state index is 0.0512. The molecule has 1 aromatic carbocycles. The number of nitrogens with zero attached hydrogens (tertiary/aromatic N) is 1. The summed E-state index contributed by atoms with van der Waals surface area (Å²) >= 11 is 0. The number of hydrogen-bond donors (Lipinski definition) is 2. The van der Waals surface area contributed by atoms with Gasteiger partial charge >= 0.3 is 0 Å². The van der Waals surface area contributed by atoms with Gasteiger partial charge in [0.15, 0.2) is 0 Å². The average Bonchev–Trinajstić information content (AvgIpc) is 2.46. The fraction of sp³-hybridized carbons (Fsp3) is 0.500. The van der Waals surface area contributed by atoms with E-state index >= 15 is 0 Å². The molecule has 6 heteroatoms. The molecule has 0 unspecified atom stereocenters. The lowest BCUT2D eigenvalue weighted by Crippen LogP contribution is -2.32. The molecular formula is C14H19N3O3. The fourth-order valence-corrected chi connectivity index (χ4v) is 2.36. The third-order valence-corrected chi connectivity index (χ3v) is 3.57. The van der Waals surface area contributed by atoms with E-state index in [9.17, 15) is 14.9 Å². The van der Waals surface area contributed by atoms with Crippen LogP contribution < -0.4 is 10.6 Å². The zero-order valence-corrected chi connectivity index (χ0v) is 11.3.